The standard InChI is InChI=1S/C40H48FN11O13P2SSi/c1-20(2)33(53)49-38-48-32-24(35(55)50-38)46-19-52(32)36-26-25(64-69(6,7)39(3,4)5)22(60-36)16-59-66(56,57)65-40-27(41)37(61-28(40)29(40)63-67(68,62-26)58-15-11-14-42)51-18-45-23-30(43-17-44-31(23)51)47-34(54)21-12-9-8-10-13-21/h8-10,12-13,17-20,22,25-29,36-37H,11,15-16H2,1-7H3,(H,56,57)(H,43,44,47,54)(H2,48,49,50,53,55)/t22-,25-,26-,27+,28-,29?,36-,37-,40+,67?/m1/s1. The van der Waals surface area contributed by atoms with Crippen LogP contribution < -0.4 is 16.2 Å². The lowest BCUT2D eigenvalue weighted by Crippen LogP contribution is -2.50. The number of alkyl halides is 1. The van der Waals surface area contributed by atoms with Crippen LogP contribution in [-0.4, -0.2) is 120 Å². The highest BCUT2D eigenvalue weighted by Crippen LogP contribution is 2.70. The average Bonchev–Trinajstić information content (AvgIpc) is 3.80. The number of aromatic nitrogens is 8. The van der Waals surface area contributed by atoms with E-state index in [2.05, 4.69) is 40.5 Å². The fourth-order valence-electron chi connectivity index (χ4n) is 7.89. The van der Waals surface area contributed by atoms with Gasteiger partial charge in [0.25, 0.3) is 11.5 Å². The van der Waals surface area contributed by atoms with E-state index in [1.165, 1.54) is 21.8 Å². The lowest BCUT2D eigenvalue weighted by atomic mass is 10.1. The molecule has 2 amide bonds. The third-order valence-electron chi connectivity index (χ3n) is 12.6. The number of nitrogens with zero attached hydrogens (tertiary/aromatic N) is 8. The fourth-order valence-corrected chi connectivity index (χ4v) is 12.7. The zero-order chi connectivity index (χ0) is 49.4. The fraction of sp³-hybridized carbons (Fsp3) is 0.525. The number of benzene rings is 1. The average molecular weight is 1030 g/mol. The SMILES string of the molecule is CC(C)C(=O)Nc1nc2c(ncn2[C@@H]2O[C@@H]3COP(=O)(O)O[C@]45C(OP(=S)(OCCC#N)O[C@@H]2[C@@H]3O[Si](C)(C)C(C)(C)C)[C@H]4O[C@@H](n2cnc3c(NC(=O)c4ccccc4)ncnc32)[C@@H]5F)c(=O)[nH]1. The molecule has 69 heavy (non-hydrogen) atoms. The lowest BCUT2D eigenvalue weighted by Gasteiger charge is -2.41. The Morgan fingerprint density at radius 1 is 1.06 bits per heavy atom. The molecule has 3 saturated heterocycles. The van der Waals surface area contributed by atoms with Crippen LogP contribution in [0.2, 0.25) is 18.1 Å². The zero-order valence-electron chi connectivity index (χ0n) is 38.0. The van der Waals surface area contributed by atoms with Gasteiger partial charge in [0.05, 0.1) is 38.4 Å². The molecule has 0 radical (unpaired) electrons. The predicted octanol–water partition coefficient (Wildman–Crippen LogP) is 5.15. The van der Waals surface area contributed by atoms with Gasteiger partial charge >= 0.3 is 14.5 Å². The molecule has 4 fully saturated rings. The number of H-pyrrole nitrogens is 1. The van der Waals surface area contributed by atoms with Crippen LogP contribution in [0.1, 0.15) is 63.9 Å². The van der Waals surface area contributed by atoms with Crippen molar-refractivity contribution in [2.24, 2.45) is 5.92 Å². The first-order chi connectivity index (χ1) is 32.6. The number of carbonyl (C=O) groups is 2. The van der Waals surface area contributed by atoms with Gasteiger partial charge in [0.1, 0.15) is 36.8 Å². The van der Waals surface area contributed by atoms with E-state index in [1.54, 1.807) is 44.2 Å². The number of nitrogens with one attached hydrogen (secondary N) is 3. The second kappa shape index (κ2) is 18.1. The number of phosphoric ester groups is 1. The maximum absolute atomic E-state index is 17.5. The van der Waals surface area contributed by atoms with Gasteiger partial charge in [0.2, 0.25) is 11.9 Å². The number of carbonyl (C=O) groups excluding carboxylic acids is 2. The van der Waals surface area contributed by atoms with Crippen LogP contribution in [0.5, 0.6) is 0 Å². The number of anilines is 2. The van der Waals surface area contributed by atoms with Crippen molar-refractivity contribution in [3.05, 3.63) is 65.2 Å². The van der Waals surface area contributed by atoms with Crippen LogP contribution in [0, 0.1) is 17.2 Å². The third kappa shape index (κ3) is 9.11. The van der Waals surface area contributed by atoms with Crippen LogP contribution in [0.15, 0.2) is 54.1 Å². The maximum Gasteiger partial charge on any atom is 0.473 e. The molecule has 4 aromatic heterocycles. The van der Waals surface area contributed by atoms with Gasteiger partial charge < -0.3 is 28.6 Å². The van der Waals surface area contributed by atoms with E-state index in [0.717, 1.165) is 6.33 Å². The number of imidazole rings is 2. The molecule has 2 bridgehead atoms. The Bertz CT molecular complexity index is 3030. The summed E-state index contributed by atoms with van der Waals surface area (Å²) in [6, 6.07) is 10.3. The number of hydrogen-bond acceptors (Lipinski definition) is 19. The summed E-state index contributed by atoms with van der Waals surface area (Å²) in [5, 5.41) is 14.4. The summed E-state index contributed by atoms with van der Waals surface area (Å²) in [5.74, 6) is -1.57. The topological polar surface area (TPSA) is 300 Å². The zero-order valence-corrected chi connectivity index (χ0v) is 41.6. The van der Waals surface area contributed by atoms with Gasteiger partial charge in [-0.1, -0.05) is 52.8 Å². The summed E-state index contributed by atoms with van der Waals surface area (Å²) < 4.78 is 84.7. The number of aromatic amines is 1. The van der Waals surface area contributed by atoms with Crippen LogP contribution >= 0.6 is 14.5 Å². The van der Waals surface area contributed by atoms with Gasteiger partial charge in [0, 0.05) is 11.5 Å². The summed E-state index contributed by atoms with van der Waals surface area (Å²) in [5.41, 5.74) is -2.84. The van der Waals surface area contributed by atoms with E-state index < -0.39 is 113 Å². The lowest BCUT2D eigenvalue weighted by molar-refractivity contribution is -0.118. The van der Waals surface area contributed by atoms with E-state index in [9.17, 15) is 29.1 Å². The molecule has 9 rings (SSSR count). The molecule has 3 aliphatic heterocycles. The van der Waals surface area contributed by atoms with Crippen molar-refractivity contribution in [1.29, 1.82) is 5.26 Å². The second-order valence-corrected chi connectivity index (χ2v) is 27.5. The minimum atomic E-state index is -5.32. The number of rotatable bonds is 11. The molecule has 1 spiro atoms. The molecule has 4 aliphatic rings. The predicted molar refractivity (Wildman–Crippen MR) is 246 cm³/mol. The molecule has 1 saturated carbocycles. The van der Waals surface area contributed by atoms with E-state index in [-0.39, 0.29) is 47.1 Å². The molecule has 368 valence electrons. The van der Waals surface area contributed by atoms with Gasteiger partial charge in [-0.25, -0.2) is 28.9 Å². The molecular formula is C40H48FN11O13P2SSi. The quantitative estimate of drug-likeness (QED) is 0.0755. The number of nitriles is 1. The Labute approximate surface area is 398 Å². The van der Waals surface area contributed by atoms with Gasteiger partial charge in [-0.05, 0) is 42.1 Å². The molecule has 5 aromatic rings. The third-order valence-corrected chi connectivity index (χ3v) is 20.4. The number of amides is 2. The number of halogens is 1. The van der Waals surface area contributed by atoms with Gasteiger partial charge in [-0.2, -0.15) is 10.2 Å². The van der Waals surface area contributed by atoms with Crippen molar-refractivity contribution in [3.63, 3.8) is 0 Å². The Morgan fingerprint density at radius 3 is 2.46 bits per heavy atom. The Hall–Kier alpha value is -4.78. The molecule has 1 aliphatic carbocycles. The number of hydrogen-bond donors (Lipinski definition) is 4. The molecule has 1 aromatic carbocycles. The van der Waals surface area contributed by atoms with Crippen molar-refractivity contribution in [3.8, 4) is 6.07 Å². The van der Waals surface area contributed by atoms with Gasteiger partial charge in [-0.3, -0.25) is 51.9 Å². The molecular weight excluding hydrogens is 984 g/mol. The van der Waals surface area contributed by atoms with Gasteiger partial charge in [-0.15, -0.1) is 0 Å². The highest BCUT2D eigenvalue weighted by atomic mass is 32.5. The van der Waals surface area contributed by atoms with Crippen LogP contribution in [0.3, 0.4) is 0 Å². The van der Waals surface area contributed by atoms with Crippen molar-refractivity contribution in [2.75, 3.05) is 23.8 Å². The largest absolute Gasteiger partial charge is 0.473 e. The van der Waals surface area contributed by atoms with Gasteiger partial charge in [0.15, 0.2) is 60.7 Å². The number of ether oxygens (including phenoxy) is 2. The van der Waals surface area contributed by atoms with Crippen LogP contribution in [-0.2, 0) is 57.7 Å². The normalized spacial score (nSPS) is 31.4. The summed E-state index contributed by atoms with van der Waals surface area (Å²) in [6.45, 7) is 7.85. The first-order valence-electron chi connectivity index (χ1n) is 21.7. The molecule has 4 N–H and O–H groups in total. The summed E-state index contributed by atoms with van der Waals surface area (Å²) in [4.78, 5) is 74.6. The van der Waals surface area contributed by atoms with Crippen molar-refractivity contribution in [2.45, 2.75) is 114 Å². The van der Waals surface area contributed by atoms with E-state index in [1.807, 2.05) is 39.9 Å². The summed E-state index contributed by atoms with van der Waals surface area (Å²) in [6.07, 6.45) is -8.75. The van der Waals surface area contributed by atoms with Crippen molar-refractivity contribution >= 4 is 80.6 Å². The van der Waals surface area contributed by atoms with Crippen LogP contribution in [0.4, 0.5) is 16.2 Å². The van der Waals surface area contributed by atoms with E-state index in [4.69, 9.17) is 48.3 Å². The first-order valence-corrected chi connectivity index (χ1v) is 28.6. The Kier molecular flexibility index (Phi) is 12.9. The molecule has 7 heterocycles. The number of fused-ring (bicyclic) bond motifs is 5. The highest BCUT2D eigenvalue weighted by Gasteiger charge is 2.83. The minimum Gasteiger partial charge on any atom is -0.408 e. The molecule has 24 nitrogen and oxygen atoms in total. The minimum absolute atomic E-state index is 0.0176. The molecule has 29 heteroatoms. The Morgan fingerprint density at radius 2 is 1.77 bits per heavy atom. The van der Waals surface area contributed by atoms with E-state index in [0.29, 0.717) is 5.56 Å². The van der Waals surface area contributed by atoms with Crippen LogP contribution in [0.25, 0.3) is 22.3 Å². The maximum atomic E-state index is 17.5. The highest BCUT2D eigenvalue weighted by molar-refractivity contribution is 8.07. The first kappa shape index (κ1) is 49.2. The summed E-state index contributed by atoms with van der Waals surface area (Å²) >= 11 is 6.08. The van der Waals surface area contributed by atoms with Crippen molar-refractivity contribution < 1.29 is 60.0 Å². The second-order valence-electron chi connectivity index (χ2n) is 18.5. The molecule has 11 atom stereocenters. The van der Waals surface area contributed by atoms with Crippen molar-refractivity contribution in [1.82, 2.24) is 39.0 Å². The smallest absolute Gasteiger partial charge is 0.408 e. The molecule has 3 unspecified atom stereocenters. The summed E-state index contributed by atoms with van der Waals surface area (Å²) in [7, 11) is -8.17. The van der Waals surface area contributed by atoms with E-state index >= 15 is 4.39 Å². The number of phosphoric acid groups is 1. The monoisotopic (exact) mass is 1030 g/mol. The Balaban J connectivity index is 1.09.